The zero-order chi connectivity index (χ0) is 17.2. The molecule has 0 unspecified atom stereocenters. The molecule has 0 aromatic rings. The maximum absolute atomic E-state index is 10.3. The Morgan fingerprint density at radius 1 is 0.696 bits per heavy atom. The van der Waals surface area contributed by atoms with Gasteiger partial charge in [-0.2, -0.15) is 0 Å². The summed E-state index contributed by atoms with van der Waals surface area (Å²) in [6, 6.07) is 0. The summed E-state index contributed by atoms with van der Waals surface area (Å²) in [5.41, 5.74) is 0.630. The van der Waals surface area contributed by atoms with Crippen molar-refractivity contribution in [2.45, 2.75) is 117 Å². The van der Waals surface area contributed by atoms with Crippen LogP contribution in [0.3, 0.4) is 0 Å². The third kappa shape index (κ3) is 19.4. The van der Waals surface area contributed by atoms with Crippen molar-refractivity contribution in [3.63, 3.8) is 0 Å². The summed E-state index contributed by atoms with van der Waals surface area (Å²) < 4.78 is 0. The standard InChI is InChI=1S/C22H41O/c1-21(2)18-16-14-12-10-8-6-4-5-7-9-11-13-15-17-19-22(3)20-23/h21H,3-19H2,1-2H3. The normalized spacial score (nSPS) is 11.1. The van der Waals surface area contributed by atoms with E-state index >= 15 is 0 Å². The first-order valence-electron chi connectivity index (χ1n) is 10.2. The fourth-order valence-electron chi connectivity index (χ4n) is 3.06. The van der Waals surface area contributed by atoms with Gasteiger partial charge in [0.25, 0.3) is 0 Å². The third-order valence-electron chi connectivity index (χ3n) is 4.65. The van der Waals surface area contributed by atoms with Gasteiger partial charge in [-0.25, -0.2) is 0 Å². The van der Waals surface area contributed by atoms with Crippen LogP contribution in [-0.4, -0.2) is 6.29 Å². The summed E-state index contributed by atoms with van der Waals surface area (Å²) in [6.45, 7) is 8.31. The minimum Gasteiger partial charge on any atom is -0.285 e. The summed E-state index contributed by atoms with van der Waals surface area (Å²) in [4.78, 5) is 10.3. The first kappa shape index (κ1) is 22.4. The van der Waals surface area contributed by atoms with Crippen molar-refractivity contribution in [3.8, 4) is 0 Å². The highest BCUT2D eigenvalue weighted by molar-refractivity contribution is 5.72. The Balaban J connectivity index is 3.02. The summed E-state index contributed by atoms with van der Waals surface area (Å²) in [5, 5.41) is 0. The van der Waals surface area contributed by atoms with Crippen LogP contribution >= 0.6 is 0 Å². The Hall–Kier alpha value is -0.590. The molecule has 0 amide bonds. The Morgan fingerprint density at radius 3 is 1.39 bits per heavy atom. The Bertz CT molecular complexity index is 267. The number of carbonyl (C=O) groups excluding carboxylic acids is 1. The Kier molecular flexibility index (Phi) is 17.3. The van der Waals surface area contributed by atoms with Gasteiger partial charge in [0.2, 0.25) is 6.29 Å². The van der Waals surface area contributed by atoms with Gasteiger partial charge in [-0.1, -0.05) is 110 Å². The van der Waals surface area contributed by atoms with Crippen LogP contribution in [-0.2, 0) is 4.79 Å². The number of hydrogen-bond acceptors (Lipinski definition) is 1. The van der Waals surface area contributed by atoms with Crippen LogP contribution in [0.15, 0.2) is 12.2 Å². The Labute approximate surface area is 146 Å². The van der Waals surface area contributed by atoms with E-state index in [1.54, 1.807) is 0 Å². The maximum atomic E-state index is 10.3. The van der Waals surface area contributed by atoms with Crippen LogP contribution < -0.4 is 0 Å². The van der Waals surface area contributed by atoms with Crippen LogP contribution in [0.2, 0.25) is 0 Å². The molecule has 0 saturated carbocycles. The molecule has 0 rings (SSSR count). The molecule has 0 atom stereocenters. The van der Waals surface area contributed by atoms with Gasteiger partial charge in [0.1, 0.15) is 0 Å². The van der Waals surface area contributed by atoms with Crippen LogP contribution in [0.25, 0.3) is 0 Å². The second-order valence-corrected chi connectivity index (χ2v) is 7.59. The molecule has 0 aliphatic heterocycles. The van der Waals surface area contributed by atoms with Gasteiger partial charge < -0.3 is 0 Å². The molecule has 135 valence electrons. The largest absolute Gasteiger partial charge is 0.285 e. The molecule has 1 nitrogen and oxygen atoms in total. The lowest BCUT2D eigenvalue weighted by atomic mass is 10.0. The van der Waals surface area contributed by atoms with Crippen molar-refractivity contribution in [1.29, 1.82) is 0 Å². The highest BCUT2D eigenvalue weighted by atomic mass is 16.1. The van der Waals surface area contributed by atoms with Crippen molar-refractivity contribution < 1.29 is 4.79 Å². The quantitative estimate of drug-likeness (QED) is 0.188. The van der Waals surface area contributed by atoms with Gasteiger partial charge in [0.15, 0.2) is 0 Å². The molecule has 0 heterocycles. The van der Waals surface area contributed by atoms with Crippen molar-refractivity contribution in [2.75, 3.05) is 0 Å². The van der Waals surface area contributed by atoms with E-state index in [4.69, 9.17) is 0 Å². The molecule has 0 aromatic heterocycles. The highest BCUT2D eigenvalue weighted by Crippen LogP contribution is 2.15. The van der Waals surface area contributed by atoms with Gasteiger partial charge in [-0.3, -0.25) is 4.79 Å². The molecule has 0 bridgehead atoms. The van der Waals surface area contributed by atoms with Crippen molar-refractivity contribution in [3.05, 3.63) is 12.2 Å². The molecule has 0 spiro atoms. The third-order valence-corrected chi connectivity index (χ3v) is 4.65. The zero-order valence-corrected chi connectivity index (χ0v) is 16.0. The molecular weight excluding hydrogens is 280 g/mol. The molecule has 0 aromatic carbocycles. The van der Waals surface area contributed by atoms with E-state index in [1.165, 1.54) is 89.9 Å². The van der Waals surface area contributed by atoms with Crippen molar-refractivity contribution in [2.24, 2.45) is 5.92 Å². The maximum Gasteiger partial charge on any atom is 0.228 e. The summed E-state index contributed by atoms with van der Waals surface area (Å²) in [5.74, 6) is 0.879. The minimum atomic E-state index is 0.630. The van der Waals surface area contributed by atoms with Crippen molar-refractivity contribution in [1.82, 2.24) is 0 Å². The van der Waals surface area contributed by atoms with E-state index < -0.39 is 0 Å². The molecular formula is C22H41O. The molecule has 23 heavy (non-hydrogen) atoms. The minimum absolute atomic E-state index is 0.630. The van der Waals surface area contributed by atoms with Crippen LogP contribution in [0.5, 0.6) is 0 Å². The van der Waals surface area contributed by atoms with Crippen LogP contribution in [0, 0.1) is 5.92 Å². The fraction of sp³-hybridized carbons (Fsp3) is 0.864. The number of rotatable bonds is 18. The second kappa shape index (κ2) is 17.8. The zero-order valence-electron chi connectivity index (χ0n) is 16.0. The number of unbranched alkanes of at least 4 members (excludes halogenated alkanes) is 13. The van der Waals surface area contributed by atoms with Gasteiger partial charge in [0.05, 0.1) is 0 Å². The number of allylic oxidation sites excluding steroid dienone is 1. The van der Waals surface area contributed by atoms with E-state index in [2.05, 4.69) is 20.4 Å². The summed E-state index contributed by atoms with van der Waals surface area (Å²) in [7, 11) is 0. The van der Waals surface area contributed by atoms with Crippen molar-refractivity contribution >= 4 is 6.29 Å². The number of hydrogen-bond donors (Lipinski definition) is 0. The molecule has 0 aliphatic carbocycles. The molecule has 0 fully saturated rings. The second-order valence-electron chi connectivity index (χ2n) is 7.59. The molecule has 0 saturated heterocycles. The first-order valence-corrected chi connectivity index (χ1v) is 10.2. The topological polar surface area (TPSA) is 17.1 Å². The van der Waals surface area contributed by atoms with Gasteiger partial charge in [-0.15, -0.1) is 0 Å². The van der Waals surface area contributed by atoms with Gasteiger partial charge in [0, 0.05) is 0 Å². The van der Waals surface area contributed by atoms with E-state index in [-0.39, 0.29) is 0 Å². The lowest BCUT2D eigenvalue weighted by molar-refractivity contribution is 0.502. The van der Waals surface area contributed by atoms with E-state index in [0.29, 0.717) is 5.57 Å². The van der Waals surface area contributed by atoms with E-state index in [9.17, 15) is 4.79 Å². The predicted octanol–water partition coefficient (Wildman–Crippen LogP) is 7.55. The summed E-state index contributed by atoms with van der Waals surface area (Å²) >= 11 is 0. The average Bonchev–Trinajstić information content (AvgIpc) is 2.53. The molecule has 1 heteroatoms. The van der Waals surface area contributed by atoms with E-state index in [0.717, 1.165) is 18.8 Å². The molecule has 0 aliphatic rings. The van der Waals surface area contributed by atoms with E-state index in [1.807, 2.05) is 6.29 Å². The SMILES string of the molecule is C=C([C]=O)CCCCCCCCCCCCCCCCC(C)C. The monoisotopic (exact) mass is 321 g/mol. The first-order chi connectivity index (χ1) is 11.2. The molecule has 0 N–H and O–H groups in total. The van der Waals surface area contributed by atoms with Gasteiger partial charge >= 0.3 is 0 Å². The van der Waals surface area contributed by atoms with Crippen LogP contribution in [0.1, 0.15) is 117 Å². The predicted molar refractivity (Wildman–Crippen MR) is 104 cm³/mol. The van der Waals surface area contributed by atoms with Crippen LogP contribution in [0.4, 0.5) is 0 Å². The van der Waals surface area contributed by atoms with Gasteiger partial charge in [-0.05, 0) is 24.3 Å². The highest BCUT2D eigenvalue weighted by Gasteiger charge is 1.97. The smallest absolute Gasteiger partial charge is 0.228 e. The lowest BCUT2D eigenvalue weighted by Crippen LogP contribution is -1.87. The fourth-order valence-corrected chi connectivity index (χ4v) is 3.06. The summed E-state index contributed by atoms with van der Waals surface area (Å²) in [6.07, 6.45) is 23.4. The average molecular weight is 322 g/mol. The Morgan fingerprint density at radius 2 is 1.04 bits per heavy atom. The lowest BCUT2D eigenvalue weighted by Gasteiger charge is -2.05. The molecule has 1 radical (unpaired) electrons.